The Morgan fingerprint density at radius 1 is 1.00 bits per heavy atom. The van der Waals surface area contributed by atoms with Crippen molar-refractivity contribution in [2.75, 3.05) is 7.11 Å². The van der Waals surface area contributed by atoms with Crippen LogP contribution in [-0.4, -0.2) is 16.7 Å². The Kier molecular flexibility index (Phi) is 5.60. The first-order valence-corrected chi connectivity index (χ1v) is 10.3. The summed E-state index contributed by atoms with van der Waals surface area (Å²) in [5.41, 5.74) is 4.33. The number of methoxy groups -OCH3 is 1. The molecule has 0 N–H and O–H groups in total. The molecule has 0 unspecified atom stereocenters. The maximum atomic E-state index is 13.0. The van der Waals surface area contributed by atoms with Crippen LogP contribution in [0.5, 0.6) is 5.75 Å². The summed E-state index contributed by atoms with van der Waals surface area (Å²) in [6.45, 7) is 4.73. The van der Waals surface area contributed by atoms with Gasteiger partial charge in [0.1, 0.15) is 5.75 Å². The van der Waals surface area contributed by atoms with Crippen molar-refractivity contribution < 1.29 is 4.74 Å². The highest BCUT2D eigenvalue weighted by atomic mass is 35.5. The molecule has 152 valence electrons. The smallest absolute Gasteiger partial charge is 0.348 e. The topological polar surface area (TPSA) is 44.1 Å². The average molecular weight is 419 g/mol. The summed E-state index contributed by atoms with van der Waals surface area (Å²) >= 11 is 6.00. The SMILES string of the molecule is COc1ccc2c(c1)c(-c1ccc(C(C)C)cc1)nc(=O)n2Cc1ccc(Cl)cc1. The minimum absolute atomic E-state index is 0.287. The Hall–Kier alpha value is -3.11. The van der Waals surface area contributed by atoms with E-state index in [1.54, 1.807) is 11.7 Å². The van der Waals surface area contributed by atoms with Crippen molar-refractivity contribution in [2.24, 2.45) is 0 Å². The molecule has 4 aromatic rings. The molecule has 0 aliphatic rings. The van der Waals surface area contributed by atoms with Crippen molar-refractivity contribution in [2.45, 2.75) is 26.3 Å². The quantitative estimate of drug-likeness (QED) is 0.405. The Morgan fingerprint density at radius 2 is 1.70 bits per heavy atom. The van der Waals surface area contributed by atoms with Crippen LogP contribution in [-0.2, 0) is 6.54 Å². The van der Waals surface area contributed by atoms with Crippen LogP contribution >= 0.6 is 11.6 Å². The highest BCUT2D eigenvalue weighted by Crippen LogP contribution is 2.30. The zero-order valence-electron chi connectivity index (χ0n) is 17.2. The highest BCUT2D eigenvalue weighted by molar-refractivity contribution is 6.30. The van der Waals surface area contributed by atoms with Gasteiger partial charge in [0.25, 0.3) is 0 Å². The van der Waals surface area contributed by atoms with Crippen LogP contribution in [0, 0.1) is 0 Å². The lowest BCUT2D eigenvalue weighted by Crippen LogP contribution is -2.24. The number of benzene rings is 3. The van der Waals surface area contributed by atoms with E-state index in [2.05, 4.69) is 31.0 Å². The lowest BCUT2D eigenvalue weighted by atomic mass is 9.99. The Labute approximate surface area is 180 Å². The zero-order chi connectivity index (χ0) is 21.3. The first-order chi connectivity index (χ1) is 14.5. The second kappa shape index (κ2) is 8.33. The van der Waals surface area contributed by atoms with Gasteiger partial charge in [0, 0.05) is 16.0 Å². The molecule has 0 saturated heterocycles. The second-order valence-corrected chi connectivity index (χ2v) is 8.05. The number of hydrogen-bond acceptors (Lipinski definition) is 3. The number of rotatable bonds is 5. The summed E-state index contributed by atoms with van der Waals surface area (Å²) in [5.74, 6) is 1.16. The molecular formula is C25H23ClN2O2. The van der Waals surface area contributed by atoms with Crippen LogP contribution < -0.4 is 10.4 Å². The molecule has 0 spiro atoms. The van der Waals surface area contributed by atoms with E-state index in [0.29, 0.717) is 23.2 Å². The number of fused-ring (bicyclic) bond motifs is 1. The fraction of sp³-hybridized carbons (Fsp3) is 0.200. The van der Waals surface area contributed by atoms with Gasteiger partial charge in [0.15, 0.2) is 0 Å². The van der Waals surface area contributed by atoms with Crippen molar-refractivity contribution in [3.05, 3.63) is 93.4 Å². The highest BCUT2D eigenvalue weighted by Gasteiger charge is 2.14. The van der Waals surface area contributed by atoms with E-state index < -0.39 is 0 Å². The molecule has 0 atom stereocenters. The van der Waals surface area contributed by atoms with E-state index in [1.165, 1.54) is 5.56 Å². The molecule has 0 saturated carbocycles. The first-order valence-electron chi connectivity index (χ1n) is 9.89. The predicted octanol–water partition coefficient (Wildman–Crippen LogP) is 5.90. The fourth-order valence-corrected chi connectivity index (χ4v) is 3.68. The summed E-state index contributed by atoms with van der Waals surface area (Å²) < 4.78 is 7.12. The number of aromatic nitrogens is 2. The minimum atomic E-state index is -0.287. The molecule has 0 amide bonds. The fourth-order valence-electron chi connectivity index (χ4n) is 3.56. The molecule has 0 aliphatic carbocycles. The van der Waals surface area contributed by atoms with E-state index in [1.807, 2.05) is 54.6 Å². The van der Waals surface area contributed by atoms with Gasteiger partial charge in [-0.2, -0.15) is 4.98 Å². The van der Waals surface area contributed by atoms with Crippen molar-refractivity contribution in [1.82, 2.24) is 9.55 Å². The molecule has 0 fully saturated rings. The van der Waals surface area contributed by atoms with E-state index in [0.717, 1.165) is 27.8 Å². The zero-order valence-corrected chi connectivity index (χ0v) is 18.0. The van der Waals surface area contributed by atoms with E-state index in [9.17, 15) is 4.79 Å². The summed E-state index contributed by atoms with van der Waals surface area (Å²) in [6.07, 6.45) is 0. The molecule has 4 nitrogen and oxygen atoms in total. The Morgan fingerprint density at radius 3 is 2.33 bits per heavy atom. The third-order valence-electron chi connectivity index (χ3n) is 5.29. The molecular weight excluding hydrogens is 396 g/mol. The van der Waals surface area contributed by atoms with Crippen LogP contribution in [0.15, 0.2) is 71.5 Å². The molecule has 4 rings (SSSR count). The van der Waals surface area contributed by atoms with Crippen LogP contribution in [0.4, 0.5) is 0 Å². The van der Waals surface area contributed by atoms with Gasteiger partial charge < -0.3 is 4.74 Å². The van der Waals surface area contributed by atoms with Crippen LogP contribution in [0.3, 0.4) is 0 Å². The molecule has 0 bridgehead atoms. The molecule has 1 heterocycles. The third kappa shape index (κ3) is 3.96. The summed E-state index contributed by atoms with van der Waals surface area (Å²) in [5, 5.41) is 1.54. The van der Waals surface area contributed by atoms with Gasteiger partial charge in [-0.15, -0.1) is 0 Å². The van der Waals surface area contributed by atoms with E-state index in [4.69, 9.17) is 16.3 Å². The predicted molar refractivity (Wildman–Crippen MR) is 123 cm³/mol. The maximum absolute atomic E-state index is 13.0. The standard InChI is InChI=1S/C25H23ClN2O2/c1-16(2)18-6-8-19(9-7-18)24-22-14-21(30-3)12-13-23(22)28(25(29)27-24)15-17-4-10-20(26)11-5-17/h4-14,16H,15H2,1-3H3. The average Bonchev–Trinajstić information content (AvgIpc) is 2.76. The van der Waals surface area contributed by atoms with Gasteiger partial charge in [-0.1, -0.05) is 61.8 Å². The maximum Gasteiger partial charge on any atom is 0.348 e. The Bertz CT molecular complexity index is 1240. The number of hydrogen-bond donors (Lipinski definition) is 0. The monoisotopic (exact) mass is 418 g/mol. The largest absolute Gasteiger partial charge is 0.497 e. The van der Waals surface area contributed by atoms with E-state index in [-0.39, 0.29) is 5.69 Å². The van der Waals surface area contributed by atoms with Gasteiger partial charge in [0.05, 0.1) is 24.9 Å². The van der Waals surface area contributed by atoms with Gasteiger partial charge >= 0.3 is 5.69 Å². The number of halogens is 1. The van der Waals surface area contributed by atoms with E-state index >= 15 is 0 Å². The molecule has 3 aromatic carbocycles. The van der Waals surface area contributed by atoms with Gasteiger partial charge in [-0.25, -0.2) is 4.79 Å². The van der Waals surface area contributed by atoms with Crippen LogP contribution in [0.25, 0.3) is 22.2 Å². The van der Waals surface area contributed by atoms with Crippen molar-refractivity contribution in [3.8, 4) is 17.0 Å². The number of nitrogens with zero attached hydrogens (tertiary/aromatic N) is 2. The van der Waals surface area contributed by atoms with Crippen LogP contribution in [0.2, 0.25) is 5.02 Å². The number of ether oxygens (including phenoxy) is 1. The molecule has 30 heavy (non-hydrogen) atoms. The lowest BCUT2D eigenvalue weighted by molar-refractivity contribution is 0.415. The normalized spacial score (nSPS) is 11.2. The molecule has 0 radical (unpaired) electrons. The second-order valence-electron chi connectivity index (χ2n) is 7.62. The first kappa shape index (κ1) is 20.2. The molecule has 1 aromatic heterocycles. The third-order valence-corrected chi connectivity index (χ3v) is 5.54. The van der Waals surface area contributed by atoms with Crippen LogP contribution in [0.1, 0.15) is 30.9 Å². The summed E-state index contributed by atoms with van der Waals surface area (Å²) in [7, 11) is 1.63. The molecule has 0 aliphatic heterocycles. The summed E-state index contributed by atoms with van der Waals surface area (Å²) in [6, 6.07) is 21.4. The van der Waals surface area contributed by atoms with Crippen molar-refractivity contribution in [1.29, 1.82) is 0 Å². The minimum Gasteiger partial charge on any atom is -0.497 e. The summed E-state index contributed by atoms with van der Waals surface area (Å²) in [4.78, 5) is 17.5. The van der Waals surface area contributed by atoms with Crippen molar-refractivity contribution >= 4 is 22.5 Å². The Balaban J connectivity index is 1.89. The molecule has 5 heteroatoms. The van der Waals surface area contributed by atoms with Gasteiger partial charge in [0.2, 0.25) is 0 Å². The van der Waals surface area contributed by atoms with Gasteiger partial charge in [-0.3, -0.25) is 4.57 Å². The van der Waals surface area contributed by atoms with Gasteiger partial charge in [-0.05, 0) is 47.4 Å². The lowest BCUT2D eigenvalue weighted by Gasteiger charge is -2.14. The van der Waals surface area contributed by atoms with Crippen molar-refractivity contribution in [3.63, 3.8) is 0 Å².